The van der Waals surface area contributed by atoms with Crippen LogP contribution < -0.4 is 4.74 Å². The highest BCUT2D eigenvalue weighted by atomic mass is 16.6. The Labute approximate surface area is 164 Å². The first-order valence-electron chi connectivity index (χ1n) is 8.41. The Bertz CT molecular complexity index is 1100. The molecule has 3 aromatic rings. The quantitative estimate of drug-likeness (QED) is 0.365. The zero-order chi connectivity index (χ0) is 21.1. The van der Waals surface area contributed by atoms with Crippen LogP contribution in [0.3, 0.4) is 0 Å². The zero-order valence-electron chi connectivity index (χ0n) is 15.5. The van der Waals surface area contributed by atoms with Crippen molar-refractivity contribution < 1.29 is 24.4 Å². The number of hydrogen-bond acceptors (Lipinski definition) is 7. The Kier molecular flexibility index (Phi) is 5.35. The van der Waals surface area contributed by atoms with E-state index >= 15 is 0 Å². The molecule has 3 rings (SSSR count). The van der Waals surface area contributed by atoms with E-state index in [0.717, 1.165) is 4.68 Å². The average molecular weight is 396 g/mol. The maximum Gasteiger partial charge on any atom is 0.358 e. The van der Waals surface area contributed by atoms with Gasteiger partial charge in [-0.2, -0.15) is 0 Å². The van der Waals surface area contributed by atoms with E-state index < -0.39 is 28.1 Å². The van der Waals surface area contributed by atoms with Gasteiger partial charge in [0.05, 0.1) is 18.6 Å². The third-order valence-electron chi connectivity index (χ3n) is 4.24. The molecule has 0 atom stereocenters. The molecule has 0 aliphatic heterocycles. The number of hydrogen-bond donors (Lipinski definition) is 1. The minimum atomic E-state index is -1.45. The van der Waals surface area contributed by atoms with Gasteiger partial charge in [-0.3, -0.25) is 14.9 Å². The summed E-state index contributed by atoms with van der Waals surface area (Å²) in [5.41, 5.74) is -0.225. The van der Waals surface area contributed by atoms with Gasteiger partial charge in [-0.1, -0.05) is 23.4 Å². The maximum atomic E-state index is 13.1. The van der Waals surface area contributed by atoms with Crippen molar-refractivity contribution >= 4 is 17.4 Å². The van der Waals surface area contributed by atoms with Crippen LogP contribution in [0.4, 0.5) is 5.69 Å². The number of aromatic nitrogens is 3. The molecule has 1 aromatic heterocycles. The molecule has 1 N–H and O–H groups in total. The number of nitro groups is 1. The van der Waals surface area contributed by atoms with E-state index in [1.54, 1.807) is 31.2 Å². The molecule has 2 aromatic carbocycles. The molecule has 0 bridgehead atoms. The zero-order valence-corrected chi connectivity index (χ0v) is 15.5. The van der Waals surface area contributed by atoms with Gasteiger partial charge in [-0.05, 0) is 36.2 Å². The topological polar surface area (TPSA) is 137 Å². The third kappa shape index (κ3) is 3.95. The van der Waals surface area contributed by atoms with E-state index in [9.17, 15) is 24.8 Å². The molecule has 1 heterocycles. The number of rotatable bonds is 7. The lowest BCUT2D eigenvalue weighted by molar-refractivity contribution is -0.385. The lowest BCUT2D eigenvalue weighted by Gasteiger charge is -2.08. The number of nitrogens with zero attached hydrogens (tertiary/aromatic N) is 4. The van der Waals surface area contributed by atoms with Crippen molar-refractivity contribution in [3.05, 3.63) is 80.7 Å². The second kappa shape index (κ2) is 7.89. The summed E-state index contributed by atoms with van der Waals surface area (Å²) in [6.45, 7) is 1.72. The summed E-state index contributed by atoms with van der Waals surface area (Å²) in [6.07, 6.45) is 0. The van der Waals surface area contributed by atoms with E-state index in [2.05, 4.69) is 10.3 Å². The standard InChI is InChI=1S/C19H16N4O6/c1-11-3-8-15(23(27)28)14(9-11)18(24)17-16(19(25)26)20-21-22(17)10-12-4-6-13(29-2)7-5-12/h3-9H,10H2,1-2H3,(H,25,26). The summed E-state index contributed by atoms with van der Waals surface area (Å²) in [6, 6.07) is 10.9. The summed E-state index contributed by atoms with van der Waals surface area (Å²) in [7, 11) is 1.52. The number of aryl methyl sites for hydroxylation is 1. The van der Waals surface area contributed by atoms with Crippen molar-refractivity contribution in [3.8, 4) is 5.75 Å². The SMILES string of the molecule is COc1ccc(Cn2nnc(C(=O)O)c2C(=O)c2cc(C)ccc2[N+](=O)[O-])cc1. The highest BCUT2D eigenvalue weighted by Gasteiger charge is 2.30. The second-order valence-electron chi connectivity index (χ2n) is 6.20. The Hall–Kier alpha value is -4.08. The van der Waals surface area contributed by atoms with Gasteiger partial charge in [-0.25, -0.2) is 9.48 Å². The number of nitro benzene ring substituents is 1. The van der Waals surface area contributed by atoms with E-state index in [4.69, 9.17) is 4.74 Å². The number of carboxylic acids is 1. The Morgan fingerprint density at radius 2 is 1.90 bits per heavy atom. The van der Waals surface area contributed by atoms with E-state index in [0.29, 0.717) is 16.9 Å². The van der Waals surface area contributed by atoms with Gasteiger partial charge < -0.3 is 9.84 Å². The maximum absolute atomic E-state index is 13.1. The van der Waals surface area contributed by atoms with E-state index in [1.807, 2.05) is 0 Å². The number of carboxylic acid groups (broad SMARTS) is 1. The van der Waals surface area contributed by atoms with Crippen LogP contribution in [0.5, 0.6) is 5.75 Å². The lowest BCUT2D eigenvalue weighted by atomic mass is 10.0. The Morgan fingerprint density at radius 1 is 1.21 bits per heavy atom. The summed E-state index contributed by atoms with van der Waals surface area (Å²) in [5, 5.41) is 28.1. The molecule has 10 nitrogen and oxygen atoms in total. The van der Waals surface area contributed by atoms with Gasteiger partial charge in [-0.15, -0.1) is 5.10 Å². The molecule has 0 fully saturated rings. The van der Waals surface area contributed by atoms with Crippen LogP contribution in [-0.4, -0.2) is 43.9 Å². The van der Waals surface area contributed by atoms with E-state index in [1.165, 1.54) is 25.3 Å². The second-order valence-corrected chi connectivity index (χ2v) is 6.20. The first kappa shape index (κ1) is 19.7. The third-order valence-corrected chi connectivity index (χ3v) is 4.24. The van der Waals surface area contributed by atoms with Crippen molar-refractivity contribution in [2.45, 2.75) is 13.5 Å². The molecule has 0 aliphatic carbocycles. The van der Waals surface area contributed by atoms with Crippen LogP contribution in [0.25, 0.3) is 0 Å². The van der Waals surface area contributed by atoms with Gasteiger partial charge in [0, 0.05) is 6.07 Å². The highest BCUT2D eigenvalue weighted by Crippen LogP contribution is 2.24. The van der Waals surface area contributed by atoms with Gasteiger partial charge in [0.1, 0.15) is 17.0 Å². The van der Waals surface area contributed by atoms with Crippen molar-refractivity contribution in [2.75, 3.05) is 7.11 Å². The van der Waals surface area contributed by atoms with Crippen molar-refractivity contribution in [1.29, 1.82) is 0 Å². The van der Waals surface area contributed by atoms with Crippen LogP contribution in [0.15, 0.2) is 42.5 Å². The molecule has 10 heteroatoms. The van der Waals surface area contributed by atoms with Crippen LogP contribution in [0.2, 0.25) is 0 Å². The molecular formula is C19H16N4O6. The van der Waals surface area contributed by atoms with Gasteiger partial charge in [0.2, 0.25) is 11.5 Å². The smallest absolute Gasteiger partial charge is 0.358 e. The largest absolute Gasteiger partial charge is 0.497 e. The van der Waals surface area contributed by atoms with Crippen molar-refractivity contribution in [3.63, 3.8) is 0 Å². The Balaban J connectivity index is 2.09. The van der Waals surface area contributed by atoms with Crippen LogP contribution >= 0.6 is 0 Å². The lowest BCUT2D eigenvalue weighted by Crippen LogP contribution is -2.17. The number of ether oxygens (including phenoxy) is 1. The average Bonchev–Trinajstić information content (AvgIpc) is 3.11. The number of benzene rings is 2. The number of ketones is 1. The number of carbonyl (C=O) groups is 2. The minimum Gasteiger partial charge on any atom is -0.497 e. The van der Waals surface area contributed by atoms with Crippen molar-refractivity contribution in [1.82, 2.24) is 15.0 Å². The highest BCUT2D eigenvalue weighted by molar-refractivity contribution is 6.14. The molecule has 148 valence electrons. The molecule has 0 saturated heterocycles. The van der Waals surface area contributed by atoms with Crippen LogP contribution in [0, 0.1) is 17.0 Å². The number of methoxy groups -OCH3 is 1. The fourth-order valence-electron chi connectivity index (χ4n) is 2.81. The fourth-order valence-corrected chi connectivity index (χ4v) is 2.81. The monoisotopic (exact) mass is 396 g/mol. The predicted molar refractivity (Wildman–Crippen MR) is 100 cm³/mol. The minimum absolute atomic E-state index is 0.0466. The molecule has 0 spiro atoms. The van der Waals surface area contributed by atoms with Crippen LogP contribution in [-0.2, 0) is 6.54 Å². The normalized spacial score (nSPS) is 10.6. The van der Waals surface area contributed by atoms with Gasteiger partial charge in [0.15, 0.2) is 0 Å². The summed E-state index contributed by atoms with van der Waals surface area (Å²) in [5.74, 6) is -1.66. The van der Waals surface area contributed by atoms with Gasteiger partial charge >= 0.3 is 5.97 Å². The number of aromatic carboxylic acids is 1. The van der Waals surface area contributed by atoms with Crippen molar-refractivity contribution in [2.24, 2.45) is 0 Å². The molecule has 0 aliphatic rings. The summed E-state index contributed by atoms with van der Waals surface area (Å²) < 4.78 is 6.22. The molecule has 0 saturated carbocycles. The molecular weight excluding hydrogens is 380 g/mol. The summed E-state index contributed by atoms with van der Waals surface area (Å²) >= 11 is 0. The summed E-state index contributed by atoms with van der Waals surface area (Å²) in [4.78, 5) is 35.4. The first-order chi connectivity index (χ1) is 13.8. The van der Waals surface area contributed by atoms with Crippen LogP contribution in [0.1, 0.15) is 37.7 Å². The van der Waals surface area contributed by atoms with Gasteiger partial charge in [0.25, 0.3) is 5.69 Å². The number of carbonyl (C=O) groups excluding carboxylic acids is 1. The fraction of sp³-hybridized carbons (Fsp3) is 0.158. The molecule has 0 radical (unpaired) electrons. The molecule has 29 heavy (non-hydrogen) atoms. The van der Waals surface area contributed by atoms with E-state index in [-0.39, 0.29) is 17.8 Å². The predicted octanol–water partition coefficient (Wildman–Crippen LogP) is 2.48. The first-order valence-corrected chi connectivity index (χ1v) is 8.41. The molecule has 0 unspecified atom stereocenters. The Morgan fingerprint density at radius 3 is 2.48 bits per heavy atom. The molecule has 0 amide bonds.